The van der Waals surface area contributed by atoms with Gasteiger partial charge in [0, 0.05) is 10.8 Å². The molecule has 0 fully saturated rings. The van der Waals surface area contributed by atoms with Crippen LogP contribution in [0.2, 0.25) is 0 Å². The molecule has 200 valence electrons. The fourth-order valence-electron chi connectivity index (χ4n) is 6.84. The van der Waals surface area contributed by atoms with E-state index < -0.39 is 0 Å². The first-order chi connectivity index (χ1) is 21.3. The summed E-state index contributed by atoms with van der Waals surface area (Å²) in [6.45, 7) is 0. The summed E-state index contributed by atoms with van der Waals surface area (Å²) in [5.74, 6) is 0. The fraction of sp³-hybridized carbons (Fsp3) is 0. The first-order valence-electron chi connectivity index (χ1n) is 14.8. The minimum atomic E-state index is 0.917. The fourth-order valence-corrected chi connectivity index (χ4v) is 6.84. The van der Waals surface area contributed by atoms with Crippen LogP contribution in [0.25, 0.3) is 87.6 Å². The molecule has 0 N–H and O–H groups in total. The zero-order valence-corrected chi connectivity index (χ0v) is 23.4. The lowest BCUT2D eigenvalue weighted by molar-refractivity contribution is 0.669. The lowest BCUT2D eigenvalue weighted by Gasteiger charge is -2.18. The number of hydrogen-bond acceptors (Lipinski definition) is 1. The molecule has 0 saturated carbocycles. The number of fused-ring (bicyclic) bond motifs is 6. The van der Waals surface area contributed by atoms with E-state index in [1.807, 2.05) is 12.1 Å². The molecule has 0 aliphatic carbocycles. The average Bonchev–Trinajstić information content (AvgIpc) is 3.45. The second-order valence-corrected chi connectivity index (χ2v) is 11.3. The molecule has 9 rings (SSSR count). The lowest BCUT2D eigenvalue weighted by Crippen LogP contribution is -1.91. The van der Waals surface area contributed by atoms with Gasteiger partial charge in [0.1, 0.15) is 11.2 Å². The Bertz CT molecular complexity index is 2440. The first-order valence-corrected chi connectivity index (χ1v) is 14.8. The smallest absolute Gasteiger partial charge is 0.136 e. The highest BCUT2D eigenvalue weighted by Crippen LogP contribution is 2.45. The maximum Gasteiger partial charge on any atom is 0.136 e. The second kappa shape index (κ2) is 9.44. The van der Waals surface area contributed by atoms with E-state index in [0.717, 1.165) is 27.5 Å². The van der Waals surface area contributed by atoms with Gasteiger partial charge >= 0.3 is 0 Å². The maximum absolute atomic E-state index is 6.31. The van der Waals surface area contributed by atoms with Gasteiger partial charge in [0.15, 0.2) is 0 Å². The first kappa shape index (κ1) is 24.0. The van der Waals surface area contributed by atoms with Crippen molar-refractivity contribution in [3.8, 4) is 33.4 Å². The van der Waals surface area contributed by atoms with E-state index >= 15 is 0 Å². The Morgan fingerprint density at radius 1 is 0.279 bits per heavy atom. The molecule has 0 aliphatic heterocycles. The monoisotopic (exact) mass is 546 g/mol. The predicted octanol–water partition coefficient (Wildman–Crippen LogP) is 12.0. The molecule has 0 spiro atoms. The van der Waals surface area contributed by atoms with Crippen LogP contribution in [-0.2, 0) is 0 Å². The highest BCUT2D eigenvalue weighted by Gasteiger charge is 2.18. The standard InChI is InChI=1S/C42H26O/c1-2-10-27(11-3-1)28-18-19-30-25-31(21-20-29(30)24-28)41-35-13-4-6-15-37(35)42(38-16-7-5-14-36(38)41)32-22-23-34-33-12-8-9-17-39(33)43-40(34)26-32/h1-26H. The van der Waals surface area contributed by atoms with Crippen LogP contribution in [0.3, 0.4) is 0 Å². The van der Waals surface area contributed by atoms with Crippen molar-refractivity contribution < 1.29 is 4.42 Å². The Labute approximate surface area is 249 Å². The van der Waals surface area contributed by atoms with Crippen LogP contribution in [0, 0.1) is 0 Å². The van der Waals surface area contributed by atoms with E-state index in [9.17, 15) is 0 Å². The van der Waals surface area contributed by atoms with Gasteiger partial charge < -0.3 is 4.42 Å². The summed E-state index contributed by atoms with van der Waals surface area (Å²) in [4.78, 5) is 0. The van der Waals surface area contributed by atoms with Gasteiger partial charge in [-0.3, -0.25) is 0 Å². The van der Waals surface area contributed by atoms with Crippen LogP contribution < -0.4 is 0 Å². The molecule has 0 atom stereocenters. The number of para-hydroxylation sites is 1. The van der Waals surface area contributed by atoms with Crippen LogP contribution in [0.4, 0.5) is 0 Å². The van der Waals surface area contributed by atoms with E-state index in [1.165, 1.54) is 60.1 Å². The van der Waals surface area contributed by atoms with Crippen LogP contribution in [0.1, 0.15) is 0 Å². The molecular weight excluding hydrogens is 520 g/mol. The zero-order valence-electron chi connectivity index (χ0n) is 23.4. The summed E-state index contributed by atoms with van der Waals surface area (Å²) < 4.78 is 6.31. The van der Waals surface area contributed by atoms with Gasteiger partial charge in [0.05, 0.1) is 0 Å². The summed E-state index contributed by atoms with van der Waals surface area (Å²) in [5, 5.41) is 9.77. The van der Waals surface area contributed by atoms with Crippen molar-refractivity contribution in [2.24, 2.45) is 0 Å². The summed E-state index contributed by atoms with van der Waals surface area (Å²) in [7, 11) is 0. The summed E-state index contributed by atoms with van der Waals surface area (Å²) >= 11 is 0. The van der Waals surface area contributed by atoms with E-state index in [0.29, 0.717) is 0 Å². The molecule has 0 amide bonds. The highest BCUT2D eigenvalue weighted by atomic mass is 16.3. The molecule has 0 radical (unpaired) electrons. The van der Waals surface area contributed by atoms with Crippen LogP contribution in [-0.4, -0.2) is 0 Å². The van der Waals surface area contributed by atoms with Crippen molar-refractivity contribution in [1.29, 1.82) is 0 Å². The van der Waals surface area contributed by atoms with Crippen molar-refractivity contribution in [2.45, 2.75) is 0 Å². The van der Waals surface area contributed by atoms with Crippen molar-refractivity contribution in [3.05, 3.63) is 158 Å². The van der Waals surface area contributed by atoms with Crippen molar-refractivity contribution in [3.63, 3.8) is 0 Å². The lowest BCUT2D eigenvalue weighted by atomic mass is 9.85. The van der Waals surface area contributed by atoms with Crippen LogP contribution >= 0.6 is 0 Å². The van der Waals surface area contributed by atoms with Crippen LogP contribution in [0.15, 0.2) is 162 Å². The van der Waals surface area contributed by atoms with Gasteiger partial charge in [0.2, 0.25) is 0 Å². The SMILES string of the molecule is c1ccc(-c2ccc3cc(-c4c5ccccc5c(-c5ccc6c(c5)oc5ccccc56)c5ccccc45)ccc3c2)cc1. The van der Waals surface area contributed by atoms with Gasteiger partial charge in [-0.05, 0) is 96.0 Å². The summed E-state index contributed by atoms with van der Waals surface area (Å²) in [6.07, 6.45) is 0. The van der Waals surface area contributed by atoms with E-state index in [4.69, 9.17) is 4.42 Å². The molecule has 0 saturated heterocycles. The third-order valence-corrected chi connectivity index (χ3v) is 8.83. The number of rotatable bonds is 3. The minimum absolute atomic E-state index is 0.917. The third-order valence-electron chi connectivity index (χ3n) is 8.83. The molecular formula is C42H26O. The molecule has 1 aromatic heterocycles. The molecule has 43 heavy (non-hydrogen) atoms. The number of hydrogen-bond donors (Lipinski definition) is 0. The van der Waals surface area contributed by atoms with E-state index in [-0.39, 0.29) is 0 Å². The quantitative estimate of drug-likeness (QED) is 0.201. The number of furan rings is 1. The Morgan fingerprint density at radius 3 is 1.40 bits per heavy atom. The molecule has 8 aromatic carbocycles. The van der Waals surface area contributed by atoms with Gasteiger partial charge in [0.25, 0.3) is 0 Å². The van der Waals surface area contributed by atoms with Gasteiger partial charge in [-0.25, -0.2) is 0 Å². The molecule has 1 heterocycles. The third kappa shape index (κ3) is 3.79. The van der Waals surface area contributed by atoms with Crippen molar-refractivity contribution in [1.82, 2.24) is 0 Å². The molecule has 0 aliphatic rings. The second-order valence-electron chi connectivity index (χ2n) is 11.3. The van der Waals surface area contributed by atoms with Crippen LogP contribution in [0.5, 0.6) is 0 Å². The van der Waals surface area contributed by atoms with Gasteiger partial charge in [-0.2, -0.15) is 0 Å². The van der Waals surface area contributed by atoms with Gasteiger partial charge in [-0.1, -0.05) is 127 Å². The van der Waals surface area contributed by atoms with Gasteiger partial charge in [-0.15, -0.1) is 0 Å². The summed E-state index contributed by atoms with van der Waals surface area (Å²) in [6, 6.07) is 56.9. The zero-order chi connectivity index (χ0) is 28.3. The predicted molar refractivity (Wildman–Crippen MR) is 183 cm³/mol. The largest absolute Gasteiger partial charge is 0.456 e. The van der Waals surface area contributed by atoms with E-state index in [2.05, 4.69) is 146 Å². The topological polar surface area (TPSA) is 13.1 Å². The Hall–Kier alpha value is -5.66. The molecule has 0 bridgehead atoms. The number of benzene rings is 8. The molecule has 0 unspecified atom stereocenters. The molecule has 9 aromatic rings. The van der Waals surface area contributed by atoms with E-state index in [1.54, 1.807) is 0 Å². The molecule has 1 heteroatoms. The van der Waals surface area contributed by atoms with Crippen molar-refractivity contribution in [2.75, 3.05) is 0 Å². The minimum Gasteiger partial charge on any atom is -0.456 e. The highest BCUT2D eigenvalue weighted by molar-refractivity contribution is 6.22. The summed E-state index contributed by atoms with van der Waals surface area (Å²) in [5.41, 5.74) is 9.22. The Morgan fingerprint density at radius 2 is 0.744 bits per heavy atom. The maximum atomic E-state index is 6.31. The average molecular weight is 547 g/mol. The normalized spacial score (nSPS) is 11.7. The molecule has 1 nitrogen and oxygen atoms in total. The van der Waals surface area contributed by atoms with Crippen molar-refractivity contribution >= 4 is 54.3 Å². The Kier molecular flexibility index (Phi) is 5.27. The Balaban J connectivity index is 1.28.